The Morgan fingerprint density at radius 3 is 2.68 bits per heavy atom. The van der Waals surface area contributed by atoms with E-state index in [4.69, 9.17) is 0 Å². The van der Waals surface area contributed by atoms with E-state index in [2.05, 4.69) is 17.2 Å². The van der Waals surface area contributed by atoms with Gasteiger partial charge in [-0.3, -0.25) is 9.78 Å². The van der Waals surface area contributed by atoms with Crippen LogP contribution in [0.1, 0.15) is 38.5 Å². The maximum absolute atomic E-state index is 11.5. The zero-order valence-corrected chi connectivity index (χ0v) is 11.9. The highest BCUT2D eigenvalue weighted by Crippen LogP contribution is 2.18. The lowest BCUT2D eigenvalue weighted by Crippen LogP contribution is -2.36. The zero-order valence-electron chi connectivity index (χ0n) is 11.9. The molecule has 0 bridgehead atoms. The molecular weight excluding hydrogens is 242 g/mol. The van der Waals surface area contributed by atoms with E-state index in [1.807, 2.05) is 24.0 Å². The Morgan fingerprint density at radius 1 is 1.47 bits per heavy atom. The predicted molar refractivity (Wildman–Crippen MR) is 76.1 cm³/mol. The van der Waals surface area contributed by atoms with Crippen LogP contribution in [-0.4, -0.2) is 36.1 Å². The first-order chi connectivity index (χ1) is 9.12. The number of anilines is 1. The molecule has 1 rings (SSSR count). The first-order valence-corrected chi connectivity index (χ1v) is 6.71. The number of rotatable bonds is 7. The van der Waals surface area contributed by atoms with Crippen LogP contribution in [0.3, 0.4) is 0 Å². The van der Waals surface area contributed by atoms with Crippen molar-refractivity contribution in [3.05, 3.63) is 24.0 Å². The lowest BCUT2D eigenvalue weighted by molar-refractivity contribution is -0.119. The smallest absolute Gasteiger partial charge is 0.239 e. The third-order valence-electron chi connectivity index (χ3n) is 2.97. The van der Waals surface area contributed by atoms with E-state index in [-0.39, 0.29) is 5.91 Å². The summed E-state index contributed by atoms with van der Waals surface area (Å²) in [6.45, 7) is 5.10. The number of aliphatic hydroxyl groups excluding tert-OH is 1. The number of likely N-dealkylation sites (N-methyl/N-ethyl adjacent to an activating group) is 1. The van der Waals surface area contributed by atoms with Crippen molar-refractivity contribution in [3.8, 4) is 0 Å². The summed E-state index contributed by atoms with van der Waals surface area (Å²) in [6.07, 6.45) is 2.79. The Labute approximate surface area is 114 Å². The molecule has 1 aromatic rings. The van der Waals surface area contributed by atoms with Crippen molar-refractivity contribution in [3.63, 3.8) is 0 Å². The fourth-order valence-electron chi connectivity index (χ4n) is 1.81. The van der Waals surface area contributed by atoms with Crippen LogP contribution in [0, 0.1) is 0 Å². The van der Waals surface area contributed by atoms with Crippen LogP contribution in [0.25, 0.3) is 0 Å². The van der Waals surface area contributed by atoms with E-state index in [1.54, 1.807) is 13.2 Å². The monoisotopic (exact) mass is 265 g/mol. The summed E-state index contributed by atoms with van der Waals surface area (Å²) in [4.78, 5) is 17.7. The van der Waals surface area contributed by atoms with Gasteiger partial charge in [0.1, 0.15) is 0 Å². The number of aliphatic hydroxyl groups is 1. The molecule has 1 amide bonds. The molecule has 0 saturated carbocycles. The quantitative estimate of drug-likeness (QED) is 0.784. The summed E-state index contributed by atoms with van der Waals surface area (Å²) in [5.74, 6) is -0.0221. The first kappa shape index (κ1) is 15.4. The molecule has 1 heterocycles. The topological polar surface area (TPSA) is 65.5 Å². The van der Waals surface area contributed by atoms with E-state index in [0.717, 1.165) is 18.7 Å². The van der Waals surface area contributed by atoms with Crippen molar-refractivity contribution in [2.24, 2.45) is 0 Å². The van der Waals surface area contributed by atoms with Crippen LogP contribution >= 0.6 is 0 Å². The third-order valence-corrected chi connectivity index (χ3v) is 2.97. The van der Waals surface area contributed by atoms with Crippen LogP contribution in [0.4, 0.5) is 5.69 Å². The number of hydrogen-bond donors (Lipinski definition) is 2. The Bertz CT molecular complexity index is 392. The lowest BCUT2D eigenvalue weighted by Gasteiger charge is -2.23. The van der Waals surface area contributed by atoms with Gasteiger partial charge < -0.3 is 15.3 Å². The van der Waals surface area contributed by atoms with Crippen molar-refractivity contribution >= 4 is 11.6 Å². The van der Waals surface area contributed by atoms with Gasteiger partial charge in [-0.05, 0) is 25.0 Å². The van der Waals surface area contributed by atoms with Crippen LogP contribution in [0.5, 0.6) is 0 Å². The maximum atomic E-state index is 11.5. The Kier molecular flexibility index (Phi) is 6.29. The number of hydrogen-bond acceptors (Lipinski definition) is 4. The van der Waals surface area contributed by atoms with Crippen LogP contribution in [-0.2, 0) is 4.79 Å². The van der Waals surface area contributed by atoms with Crippen molar-refractivity contribution in [1.29, 1.82) is 0 Å². The maximum Gasteiger partial charge on any atom is 0.239 e. The summed E-state index contributed by atoms with van der Waals surface area (Å²) < 4.78 is 0. The van der Waals surface area contributed by atoms with Crippen LogP contribution < -0.4 is 10.2 Å². The molecule has 0 unspecified atom stereocenters. The van der Waals surface area contributed by atoms with Crippen molar-refractivity contribution in [2.45, 2.75) is 32.8 Å². The minimum absolute atomic E-state index is 0.0221. The van der Waals surface area contributed by atoms with Gasteiger partial charge in [0.15, 0.2) is 0 Å². The molecule has 0 saturated heterocycles. The highest BCUT2D eigenvalue weighted by molar-refractivity contribution is 5.80. The molecule has 0 aliphatic heterocycles. The molecule has 0 aliphatic carbocycles. The van der Waals surface area contributed by atoms with E-state index in [1.165, 1.54) is 0 Å². The number of pyridine rings is 1. The highest BCUT2D eigenvalue weighted by Gasteiger charge is 2.12. The summed E-state index contributed by atoms with van der Waals surface area (Å²) in [7, 11) is 1.63. The van der Waals surface area contributed by atoms with Gasteiger partial charge in [-0.2, -0.15) is 0 Å². The number of carbonyl (C=O) groups excluding carboxylic acids is 1. The van der Waals surface area contributed by atoms with Gasteiger partial charge >= 0.3 is 0 Å². The largest absolute Gasteiger partial charge is 0.387 e. The average Bonchev–Trinajstić information content (AvgIpc) is 2.46. The summed E-state index contributed by atoms with van der Waals surface area (Å²) >= 11 is 0. The fourth-order valence-corrected chi connectivity index (χ4v) is 1.81. The van der Waals surface area contributed by atoms with Gasteiger partial charge in [-0.15, -0.1) is 0 Å². The van der Waals surface area contributed by atoms with Gasteiger partial charge in [0.2, 0.25) is 5.91 Å². The van der Waals surface area contributed by atoms with Crippen molar-refractivity contribution < 1.29 is 9.90 Å². The molecule has 0 aromatic carbocycles. The Morgan fingerprint density at radius 2 is 2.21 bits per heavy atom. The Balaban J connectivity index is 2.81. The Hall–Kier alpha value is -1.62. The van der Waals surface area contributed by atoms with E-state index < -0.39 is 6.10 Å². The van der Waals surface area contributed by atoms with Gasteiger partial charge in [0, 0.05) is 13.6 Å². The highest BCUT2D eigenvalue weighted by atomic mass is 16.3. The minimum Gasteiger partial charge on any atom is -0.387 e. The number of nitrogens with zero attached hydrogens (tertiary/aromatic N) is 2. The second-order valence-electron chi connectivity index (χ2n) is 4.46. The standard InChI is InChI=1S/C14H23N3O2/c1-4-8-17(10-14(19)15-3)11-6-7-12(16-9-11)13(18)5-2/h6-7,9,13,18H,4-5,8,10H2,1-3H3,(H,15,19)/t13-/m1/s1. The predicted octanol–water partition coefficient (Wildman–Crippen LogP) is 1.49. The van der Waals surface area contributed by atoms with E-state index in [0.29, 0.717) is 18.7 Å². The molecule has 19 heavy (non-hydrogen) atoms. The molecule has 0 fully saturated rings. The molecule has 0 radical (unpaired) electrons. The lowest BCUT2D eigenvalue weighted by atomic mass is 10.2. The normalized spacial score (nSPS) is 12.0. The second-order valence-corrected chi connectivity index (χ2v) is 4.46. The zero-order chi connectivity index (χ0) is 14.3. The second kappa shape index (κ2) is 7.74. The molecule has 1 atom stereocenters. The first-order valence-electron chi connectivity index (χ1n) is 6.71. The molecule has 0 aliphatic rings. The molecule has 0 spiro atoms. The third kappa shape index (κ3) is 4.52. The number of carbonyl (C=O) groups is 1. The van der Waals surface area contributed by atoms with Gasteiger partial charge in [0.05, 0.1) is 30.2 Å². The molecule has 5 heteroatoms. The number of amides is 1. The van der Waals surface area contributed by atoms with E-state index >= 15 is 0 Å². The fraction of sp³-hybridized carbons (Fsp3) is 0.571. The minimum atomic E-state index is -0.521. The summed E-state index contributed by atoms with van der Waals surface area (Å²) in [5.41, 5.74) is 1.57. The van der Waals surface area contributed by atoms with Gasteiger partial charge in [-0.25, -0.2) is 0 Å². The number of nitrogens with one attached hydrogen (secondary N) is 1. The average molecular weight is 265 g/mol. The van der Waals surface area contributed by atoms with Gasteiger partial charge in [-0.1, -0.05) is 13.8 Å². The molecule has 5 nitrogen and oxygen atoms in total. The summed E-state index contributed by atoms with van der Waals surface area (Å²) in [6, 6.07) is 3.72. The van der Waals surface area contributed by atoms with Crippen molar-refractivity contribution in [1.82, 2.24) is 10.3 Å². The number of aromatic nitrogens is 1. The molecular formula is C14H23N3O2. The van der Waals surface area contributed by atoms with Gasteiger partial charge in [0.25, 0.3) is 0 Å². The summed E-state index contributed by atoms with van der Waals surface area (Å²) in [5, 5.41) is 12.3. The van der Waals surface area contributed by atoms with E-state index in [9.17, 15) is 9.90 Å². The SMILES string of the molecule is CCCN(CC(=O)NC)c1ccc([C@H](O)CC)nc1. The molecule has 2 N–H and O–H groups in total. The molecule has 106 valence electrons. The van der Waals surface area contributed by atoms with Crippen LogP contribution in [0.2, 0.25) is 0 Å². The van der Waals surface area contributed by atoms with Crippen LogP contribution in [0.15, 0.2) is 18.3 Å². The van der Waals surface area contributed by atoms with Crippen molar-refractivity contribution in [2.75, 3.05) is 25.0 Å². The molecule has 1 aromatic heterocycles.